The van der Waals surface area contributed by atoms with Crippen molar-refractivity contribution in [3.63, 3.8) is 0 Å². The number of ether oxygens (including phenoxy) is 1. The standard InChI is InChI=1S/C15H21FN6O4/c1-3-25-21-12-10-8(4-20-17)5-22(13(10)19-7-18-12)14-15(2,16)11(24)9(6-23)26-14/h5,7,9,11,14,17,23-24H,3-4,6H2,1-2H3,(H,18,19,21)/t9?,11?,14-,15-/m1/s1. The number of hydrogen-bond donors (Lipinski definition) is 4. The number of hydrogen-bond acceptors (Lipinski definition) is 9. The number of aliphatic hydroxyl groups is 2. The van der Waals surface area contributed by atoms with Crippen LogP contribution in [0.25, 0.3) is 11.0 Å². The van der Waals surface area contributed by atoms with Crippen LogP contribution in [0, 0.1) is 5.53 Å². The van der Waals surface area contributed by atoms with E-state index in [4.69, 9.17) is 15.1 Å². The number of anilines is 1. The van der Waals surface area contributed by atoms with E-state index < -0.39 is 30.7 Å². The molecule has 0 radical (unpaired) electrons. The maximum Gasteiger partial charge on any atom is 0.181 e. The molecular weight excluding hydrogens is 347 g/mol. The van der Waals surface area contributed by atoms with Gasteiger partial charge in [-0.15, -0.1) is 0 Å². The van der Waals surface area contributed by atoms with Crippen molar-refractivity contribution in [2.24, 2.45) is 5.11 Å². The van der Waals surface area contributed by atoms with Gasteiger partial charge >= 0.3 is 0 Å². The molecule has 10 nitrogen and oxygen atoms in total. The maximum absolute atomic E-state index is 15.2. The Morgan fingerprint density at radius 2 is 2.31 bits per heavy atom. The number of fused-ring (bicyclic) bond motifs is 1. The van der Waals surface area contributed by atoms with Crippen molar-refractivity contribution < 1.29 is 24.2 Å². The van der Waals surface area contributed by atoms with Crippen molar-refractivity contribution in [2.75, 3.05) is 18.7 Å². The third-order valence-electron chi connectivity index (χ3n) is 4.40. The molecule has 1 fully saturated rings. The lowest BCUT2D eigenvalue weighted by molar-refractivity contribution is -0.0564. The molecular formula is C15H21FN6O4. The Bertz CT molecular complexity index is 798. The van der Waals surface area contributed by atoms with Gasteiger partial charge in [-0.25, -0.2) is 25.4 Å². The number of alkyl halides is 1. The van der Waals surface area contributed by atoms with Crippen LogP contribution in [-0.2, 0) is 16.1 Å². The minimum Gasteiger partial charge on any atom is -0.394 e. The van der Waals surface area contributed by atoms with E-state index in [1.807, 2.05) is 0 Å². The van der Waals surface area contributed by atoms with Gasteiger partial charge in [0.1, 0.15) is 24.2 Å². The Balaban J connectivity index is 2.14. The van der Waals surface area contributed by atoms with Gasteiger partial charge in [0.15, 0.2) is 17.7 Å². The van der Waals surface area contributed by atoms with Crippen molar-refractivity contribution in [3.8, 4) is 0 Å². The fourth-order valence-electron chi connectivity index (χ4n) is 3.13. The molecule has 1 aliphatic rings. The van der Waals surface area contributed by atoms with Crippen LogP contribution in [0.15, 0.2) is 17.6 Å². The highest BCUT2D eigenvalue weighted by Gasteiger charge is 2.55. The average Bonchev–Trinajstić information content (AvgIpc) is 3.09. The van der Waals surface area contributed by atoms with Crippen LogP contribution in [0.5, 0.6) is 0 Å². The first-order chi connectivity index (χ1) is 12.5. The Hall–Kier alpha value is -2.21. The average molecular weight is 368 g/mol. The van der Waals surface area contributed by atoms with E-state index in [0.717, 1.165) is 0 Å². The van der Waals surface area contributed by atoms with Gasteiger partial charge in [-0.1, -0.05) is 0 Å². The minimum absolute atomic E-state index is 0.0272. The fraction of sp³-hybridized carbons (Fsp3) is 0.600. The highest BCUT2D eigenvalue weighted by Crippen LogP contribution is 2.43. The summed E-state index contributed by atoms with van der Waals surface area (Å²) in [5, 5.41) is 23.3. The number of aromatic nitrogens is 3. The molecule has 4 N–H and O–H groups in total. The third-order valence-corrected chi connectivity index (χ3v) is 4.40. The lowest BCUT2D eigenvalue weighted by Gasteiger charge is -2.25. The second-order valence-electron chi connectivity index (χ2n) is 6.14. The highest BCUT2D eigenvalue weighted by molar-refractivity contribution is 5.90. The molecule has 4 atom stereocenters. The van der Waals surface area contributed by atoms with E-state index in [9.17, 15) is 10.2 Å². The summed E-state index contributed by atoms with van der Waals surface area (Å²) in [5.74, 6) is 0.354. The van der Waals surface area contributed by atoms with Gasteiger partial charge in [0.05, 0.1) is 25.1 Å². The molecule has 0 aliphatic carbocycles. The van der Waals surface area contributed by atoms with Crippen LogP contribution >= 0.6 is 0 Å². The Morgan fingerprint density at radius 3 is 2.92 bits per heavy atom. The molecule has 11 heteroatoms. The molecule has 2 unspecified atom stereocenters. The summed E-state index contributed by atoms with van der Waals surface area (Å²) in [4.78, 5) is 13.5. The summed E-state index contributed by atoms with van der Waals surface area (Å²) in [5.41, 5.74) is 8.60. The van der Waals surface area contributed by atoms with Crippen molar-refractivity contribution in [2.45, 2.75) is 44.5 Å². The lowest BCUT2D eigenvalue weighted by Crippen LogP contribution is -2.40. The van der Waals surface area contributed by atoms with Crippen molar-refractivity contribution in [3.05, 3.63) is 18.1 Å². The van der Waals surface area contributed by atoms with Gasteiger partial charge in [-0.05, 0) is 13.8 Å². The predicted octanol–water partition coefficient (Wildman–Crippen LogP) is 1.30. The van der Waals surface area contributed by atoms with Crippen LogP contribution in [0.4, 0.5) is 10.2 Å². The third kappa shape index (κ3) is 2.92. The molecule has 3 rings (SSSR count). The Labute approximate surface area is 148 Å². The molecule has 2 aromatic heterocycles. The zero-order valence-electron chi connectivity index (χ0n) is 14.4. The van der Waals surface area contributed by atoms with Crippen molar-refractivity contribution in [1.29, 1.82) is 5.53 Å². The number of rotatable bonds is 7. The number of nitrogens with one attached hydrogen (secondary N) is 2. The quantitative estimate of drug-likeness (QED) is 0.427. The van der Waals surface area contributed by atoms with E-state index in [1.165, 1.54) is 17.8 Å². The van der Waals surface area contributed by atoms with Gasteiger partial charge in [0, 0.05) is 11.8 Å². The largest absolute Gasteiger partial charge is 0.394 e. The van der Waals surface area contributed by atoms with Gasteiger partial charge in [0.2, 0.25) is 0 Å². The summed E-state index contributed by atoms with van der Waals surface area (Å²) in [6.07, 6.45) is -0.927. The normalized spacial score (nSPS) is 28.6. The summed E-state index contributed by atoms with van der Waals surface area (Å²) >= 11 is 0. The monoisotopic (exact) mass is 368 g/mol. The Morgan fingerprint density at radius 1 is 1.54 bits per heavy atom. The molecule has 3 heterocycles. The van der Waals surface area contributed by atoms with E-state index in [2.05, 4.69) is 20.6 Å². The summed E-state index contributed by atoms with van der Waals surface area (Å²) in [6.45, 7) is 2.91. The smallest absolute Gasteiger partial charge is 0.181 e. The summed E-state index contributed by atoms with van der Waals surface area (Å²) in [7, 11) is 0. The molecule has 1 aliphatic heterocycles. The Kier molecular flexibility index (Phi) is 5.14. The van der Waals surface area contributed by atoms with Crippen LogP contribution in [0.3, 0.4) is 0 Å². The van der Waals surface area contributed by atoms with Crippen LogP contribution < -0.4 is 5.48 Å². The van der Waals surface area contributed by atoms with E-state index in [1.54, 1.807) is 13.1 Å². The fourth-order valence-corrected chi connectivity index (χ4v) is 3.13. The molecule has 142 valence electrons. The van der Waals surface area contributed by atoms with E-state index in [-0.39, 0.29) is 6.54 Å². The number of aliphatic hydroxyl groups excluding tert-OH is 2. The van der Waals surface area contributed by atoms with Gasteiger partial charge in [0.25, 0.3) is 0 Å². The van der Waals surface area contributed by atoms with Crippen LogP contribution in [-0.4, -0.2) is 55.8 Å². The first kappa shape index (κ1) is 18.6. The topological polar surface area (TPSA) is 138 Å². The van der Waals surface area contributed by atoms with Gasteiger partial charge in [-0.2, -0.15) is 5.11 Å². The van der Waals surface area contributed by atoms with E-state index in [0.29, 0.717) is 29.0 Å². The summed E-state index contributed by atoms with van der Waals surface area (Å²) < 4.78 is 22.1. The van der Waals surface area contributed by atoms with Crippen LogP contribution in [0.1, 0.15) is 25.6 Å². The van der Waals surface area contributed by atoms with Crippen molar-refractivity contribution >= 4 is 16.9 Å². The van der Waals surface area contributed by atoms with Gasteiger partial charge < -0.3 is 19.5 Å². The lowest BCUT2D eigenvalue weighted by atomic mass is 9.98. The first-order valence-corrected chi connectivity index (χ1v) is 8.14. The predicted molar refractivity (Wildman–Crippen MR) is 88.1 cm³/mol. The number of nitrogens with zero attached hydrogens (tertiary/aromatic N) is 4. The molecule has 0 amide bonds. The van der Waals surface area contributed by atoms with Gasteiger partial charge in [-0.3, -0.25) is 4.84 Å². The first-order valence-electron chi connectivity index (χ1n) is 8.14. The molecule has 1 saturated heterocycles. The molecule has 0 saturated carbocycles. The molecule has 0 bridgehead atoms. The summed E-state index contributed by atoms with van der Waals surface area (Å²) in [6, 6.07) is 0. The van der Waals surface area contributed by atoms with Crippen LogP contribution in [0.2, 0.25) is 0 Å². The maximum atomic E-state index is 15.2. The second-order valence-corrected chi connectivity index (χ2v) is 6.14. The highest BCUT2D eigenvalue weighted by atomic mass is 19.1. The SMILES string of the molecule is CCONc1ncnc2c1c(CN=N)cn2[C@@H]1OC(CO)C(O)[C@@]1(C)F. The molecule has 2 aromatic rings. The van der Waals surface area contributed by atoms with E-state index >= 15 is 4.39 Å². The number of halogens is 1. The minimum atomic E-state index is -2.16. The zero-order valence-corrected chi connectivity index (χ0v) is 14.4. The zero-order chi connectivity index (χ0) is 18.9. The second kappa shape index (κ2) is 7.19. The van der Waals surface area contributed by atoms with Crippen molar-refractivity contribution in [1.82, 2.24) is 14.5 Å². The molecule has 26 heavy (non-hydrogen) atoms. The molecule has 0 spiro atoms. The molecule has 0 aromatic carbocycles.